The van der Waals surface area contributed by atoms with Crippen LogP contribution in [0.25, 0.3) is 27.9 Å². The number of ether oxygens (including phenoxy) is 1. The lowest BCUT2D eigenvalue weighted by Gasteiger charge is -2.55. The largest absolute Gasteiger partial charge is 0.406 e. The molecule has 40 heavy (non-hydrogen) atoms. The molecule has 10 nitrogen and oxygen atoms in total. The number of fused-ring (bicyclic) bond motifs is 2. The number of imidazole rings is 1. The summed E-state index contributed by atoms with van der Waals surface area (Å²) < 4.78 is 62.8. The van der Waals surface area contributed by atoms with E-state index in [9.17, 15) is 13.2 Å². The lowest BCUT2D eigenvalue weighted by Crippen LogP contribution is -2.68. The molecule has 0 bridgehead atoms. The minimum atomic E-state index is -4.42. The van der Waals surface area contributed by atoms with Gasteiger partial charge in [-0.3, -0.25) is 4.90 Å². The molecule has 0 amide bonds. The summed E-state index contributed by atoms with van der Waals surface area (Å²) in [4.78, 5) is 15.3. The molecule has 3 N–H and O–H groups in total. The van der Waals surface area contributed by atoms with Crippen molar-refractivity contribution in [1.29, 1.82) is 0 Å². The second kappa shape index (κ2) is 9.54. The van der Waals surface area contributed by atoms with E-state index >= 15 is 4.39 Å². The van der Waals surface area contributed by atoms with Crippen LogP contribution >= 0.6 is 0 Å². The highest BCUT2D eigenvalue weighted by atomic mass is 19.4. The average Bonchev–Trinajstić information content (AvgIpc) is 3.40. The summed E-state index contributed by atoms with van der Waals surface area (Å²) in [5.74, 6) is 0.907. The van der Waals surface area contributed by atoms with E-state index in [-0.39, 0.29) is 28.8 Å². The Morgan fingerprint density at radius 1 is 1.18 bits per heavy atom. The summed E-state index contributed by atoms with van der Waals surface area (Å²) >= 11 is 0. The number of rotatable bonds is 6. The molecule has 2 saturated heterocycles. The van der Waals surface area contributed by atoms with Crippen molar-refractivity contribution in [3.8, 4) is 11.3 Å². The van der Waals surface area contributed by atoms with E-state index < -0.39 is 24.9 Å². The van der Waals surface area contributed by atoms with Crippen molar-refractivity contribution in [3.63, 3.8) is 0 Å². The molecule has 4 aromatic heterocycles. The Kier molecular flexibility index (Phi) is 6.37. The van der Waals surface area contributed by atoms with Crippen LogP contribution in [0.3, 0.4) is 0 Å². The number of anilines is 2. The average molecular weight is 562 g/mol. The fourth-order valence-corrected chi connectivity index (χ4v) is 5.78. The number of nitrogens with one attached hydrogen (secondary N) is 1. The Labute approximate surface area is 227 Å². The quantitative estimate of drug-likeness (QED) is 0.342. The van der Waals surface area contributed by atoms with Gasteiger partial charge in [-0.1, -0.05) is 13.8 Å². The number of hydrogen-bond donors (Lipinski definition) is 2. The van der Waals surface area contributed by atoms with Crippen molar-refractivity contribution in [2.45, 2.75) is 57.7 Å². The zero-order valence-electron chi connectivity index (χ0n) is 22.4. The van der Waals surface area contributed by atoms with Crippen LogP contribution < -0.4 is 11.1 Å². The fourth-order valence-electron chi connectivity index (χ4n) is 5.78. The molecule has 2 fully saturated rings. The van der Waals surface area contributed by atoms with Crippen molar-refractivity contribution in [2.24, 2.45) is 5.92 Å². The molecule has 6 heterocycles. The first-order valence-corrected chi connectivity index (χ1v) is 13.2. The number of hydrogen-bond acceptors (Lipinski definition) is 8. The number of halogens is 4. The molecule has 0 radical (unpaired) electrons. The van der Waals surface area contributed by atoms with E-state index in [4.69, 9.17) is 10.5 Å². The highest BCUT2D eigenvalue weighted by Crippen LogP contribution is 2.36. The van der Waals surface area contributed by atoms with Crippen LogP contribution in [-0.4, -0.2) is 84.3 Å². The smallest absolute Gasteiger partial charge is 0.382 e. The number of nitrogen functional groups attached to an aromatic ring is 1. The first kappa shape index (κ1) is 26.7. The maximum Gasteiger partial charge on any atom is 0.406 e. The third-order valence-corrected chi connectivity index (χ3v) is 8.20. The van der Waals surface area contributed by atoms with Crippen LogP contribution in [0.5, 0.6) is 0 Å². The van der Waals surface area contributed by atoms with Crippen LogP contribution in [-0.2, 0) is 11.3 Å². The number of piperidine rings is 1. The fraction of sp³-hybridized carbons (Fsp3) is 0.538. The predicted molar refractivity (Wildman–Crippen MR) is 142 cm³/mol. The van der Waals surface area contributed by atoms with Crippen molar-refractivity contribution in [2.75, 3.05) is 37.4 Å². The van der Waals surface area contributed by atoms with Crippen molar-refractivity contribution in [3.05, 3.63) is 30.2 Å². The lowest BCUT2D eigenvalue weighted by atomic mass is 9.81. The maximum atomic E-state index is 15.3. The van der Waals surface area contributed by atoms with E-state index in [2.05, 4.69) is 44.1 Å². The van der Waals surface area contributed by atoms with Gasteiger partial charge >= 0.3 is 6.18 Å². The van der Waals surface area contributed by atoms with Gasteiger partial charge in [0.15, 0.2) is 11.5 Å². The first-order chi connectivity index (χ1) is 18.9. The van der Waals surface area contributed by atoms with Crippen molar-refractivity contribution >= 4 is 28.4 Å². The second-order valence-corrected chi connectivity index (χ2v) is 11.0. The predicted octanol–water partition coefficient (Wildman–Crippen LogP) is 3.84. The third kappa shape index (κ3) is 4.52. The summed E-state index contributed by atoms with van der Waals surface area (Å²) in [7, 11) is 0. The molecule has 0 aromatic carbocycles. The van der Waals surface area contributed by atoms with Gasteiger partial charge in [0.1, 0.15) is 29.6 Å². The van der Waals surface area contributed by atoms with E-state index in [0.29, 0.717) is 54.4 Å². The Balaban J connectivity index is 1.25. The molecule has 0 spiro atoms. The van der Waals surface area contributed by atoms with Gasteiger partial charge in [0.25, 0.3) is 0 Å². The first-order valence-electron chi connectivity index (χ1n) is 13.2. The molecule has 0 saturated carbocycles. The zero-order chi connectivity index (χ0) is 28.4. The van der Waals surface area contributed by atoms with Crippen LogP contribution in [0.2, 0.25) is 0 Å². The Morgan fingerprint density at radius 2 is 1.95 bits per heavy atom. The summed E-state index contributed by atoms with van der Waals surface area (Å²) in [5, 5.41) is 7.60. The number of nitrogens with two attached hydrogens (primary N) is 1. The standard InChI is InChI=1S/C26H31F4N9O/c1-14(2)25(12-40-13-25)37-8-7-19(17(27)10-37)34-24-35-22(31)21-16(6-9-39(21)36-24)18-4-5-20-23(33-18)38(15(3)32-20)11-26(28,29)30/h4-6,9,14,17,19H,7-8,10-13H2,1-3H3,(H3,31,34,35,36)/t17-,19+/m1/s1. The van der Waals surface area contributed by atoms with Crippen molar-refractivity contribution in [1.82, 2.24) is 34.0 Å². The molecule has 214 valence electrons. The number of nitrogens with zero attached hydrogens (tertiary/aromatic N) is 7. The highest BCUT2D eigenvalue weighted by Gasteiger charge is 2.49. The van der Waals surface area contributed by atoms with Gasteiger partial charge in [-0.15, -0.1) is 5.10 Å². The third-order valence-electron chi connectivity index (χ3n) is 8.20. The van der Waals surface area contributed by atoms with Crippen molar-refractivity contribution < 1.29 is 22.3 Å². The molecular formula is C26H31F4N9O. The van der Waals surface area contributed by atoms with Gasteiger partial charge in [-0.2, -0.15) is 18.2 Å². The monoisotopic (exact) mass is 561 g/mol. The van der Waals surface area contributed by atoms with Crippen LogP contribution in [0.15, 0.2) is 24.4 Å². The van der Waals surface area contributed by atoms with Crippen LogP contribution in [0, 0.1) is 12.8 Å². The molecule has 2 aliphatic heterocycles. The van der Waals surface area contributed by atoms with Gasteiger partial charge in [0.05, 0.1) is 30.5 Å². The second-order valence-electron chi connectivity index (χ2n) is 11.0. The number of pyridine rings is 1. The summed E-state index contributed by atoms with van der Waals surface area (Å²) in [5.41, 5.74) is 8.11. The number of aromatic nitrogens is 6. The van der Waals surface area contributed by atoms with E-state index in [1.807, 2.05) is 0 Å². The number of alkyl halides is 4. The lowest BCUT2D eigenvalue weighted by molar-refractivity contribution is -0.173. The van der Waals surface area contributed by atoms with Gasteiger partial charge in [-0.25, -0.2) is 18.9 Å². The zero-order valence-corrected chi connectivity index (χ0v) is 22.4. The highest BCUT2D eigenvalue weighted by molar-refractivity contribution is 5.88. The van der Waals surface area contributed by atoms with E-state index in [0.717, 1.165) is 11.1 Å². The topological polar surface area (TPSA) is 111 Å². The molecule has 0 unspecified atom stereocenters. The van der Waals surface area contributed by atoms with Gasteiger partial charge in [0, 0.05) is 24.8 Å². The van der Waals surface area contributed by atoms with Gasteiger partial charge in [-0.05, 0) is 37.5 Å². The molecular weight excluding hydrogens is 530 g/mol. The van der Waals surface area contributed by atoms with E-state index in [1.54, 1.807) is 24.4 Å². The molecule has 4 aromatic rings. The number of aryl methyl sites for hydroxylation is 1. The summed E-state index contributed by atoms with van der Waals surface area (Å²) in [6, 6.07) is 4.54. The van der Waals surface area contributed by atoms with Crippen LogP contribution in [0.4, 0.5) is 29.3 Å². The summed E-state index contributed by atoms with van der Waals surface area (Å²) in [6.07, 6.45) is -3.32. The molecule has 2 atom stereocenters. The minimum Gasteiger partial charge on any atom is -0.382 e. The number of likely N-dealkylation sites (tertiary alicyclic amines) is 1. The van der Waals surface area contributed by atoms with E-state index in [1.165, 1.54) is 11.4 Å². The Bertz CT molecular complexity index is 1560. The summed E-state index contributed by atoms with van der Waals surface area (Å²) in [6.45, 7) is 6.86. The van der Waals surface area contributed by atoms with Gasteiger partial charge in [0.2, 0.25) is 5.95 Å². The molecule has 2 aliphatic rings. The minimum absolute atomic E-state index is 0.114. The SMILES string of the molecule is Cc1nc2ccc(-c3ccn4nc(N[C@H]5CCN(C6(C(C)C)COC6)C[C@H]5F)nc(N)c34)nc2n1CC(F)(F)F. The van der Waals surface area contributed by atoms with Crippen LogP contribution in [0.1, 0.15) is 26.1 Å². The maximum absolute atomic E-state index is 15.3. The Hall–Kier alpha value is -3.52. The molecule has 6 rings (SSSR count). The molecule has 0 aliphatic carbocycles. The van der Waals surface area contributed by atoms with Gasteiger partial charge < -0.3 is 20.4 Å². The molecule has 14 heteroatoms. The Morgan fingerprint density at radius 3 is 2.60 bits per heavy atom. The normalized spacial score (nSPS) is 21.8.